The molecule has 3 rings (SSSR count). The second kappa shape index (κ2) is 5.49. The highest BCUT2D eigenvalue weighted by atomic mass is 19.3. The van der Waals surface area contributed by atoms with E-state index in [-0.39, 0.29) is 24.8 Å². The predicted molar refractivity (Wildman–Crippen MR) is 75.1 cm³/mol. The molecule has 0 radical (unpaired) electrons. The zero-order valence-electron chi connectivity index (χ0n) is 12.9. The Balaban J connectivity index is 2.07. The van der Waals surface area contributed by atoms with Crippen LogP contribution in [-0.4, -0.2) is 19.0 Å². The van der Waals surface area contributed by atoms with Crippen LogP contribution in [0.2, 0.25) is 0 Å². The van der Waals surface area contributed by atoms with E-state index in [1.54, 1.807) is 0 Å². The van der Waals surface area contributed by atoms with E-state index >= 15 is 0 Å². The van der Waals surface area contributed by atoms with E-state index in [1.165, 1.54) is 20.1 Å². The molecule has 2 saturated carbocycles. The third-order valence-corrected chi connectivity index (χ3v) is 5.52. The van der Waals surface area contributed by atoms with E-state index in [4.69, 9.17) is 4.74 Å². The highest BCUT2D eigenvalue weighted by molar-refractivity contribution is 5.74. The molecule has 4 unspecified atom stereocenters. The molecule has 0 saturated heterocycles. The summed E-state index contributed by atoms with van der Waals surface area (Å²) in [5.74, 6) is -7.99. The maximum Gasteiger partial charge on any atom is 0.309 e. The lowest BCUT2D eigenvalue weighted by Crippen LogP contribution is -2.24. The van der Waals surface area contributed by atoms with E-state index in [0.29, 0.717) is 5.56 Å². The first kappa shape index (κ1) is 16.3. The predicted octanol–water partition coefficient (Wildman–Crippen LogP) is 4.21. The van der Waals surface area contributed by atoms with Crippen LogP contribution in [0.5, 0.6) is 0 Å². The SMILES string of the molecule is COC(=O)C1CC2C(CCC2(F)F)C1c1ccc(F)c(F)c1C. The van der Waals surface area contributed by atoms with Gasteiger partial charge in [0.2, 0.25) is 0 Å². The minimum Gasteiger partial charge on any atom is -0.469 e. The van der Waals surface area contributed by atoms with Gasteiger partial charge in [0.05, 0.1) is 13.0 Å². The summed E-state index contributed by atoms with van der Waals surface area (Å²) in [6.45, 7) is 1.42. The molecule has 0 aromatic heterocycles. The lowest BCUT2D eigenvalue weighted by Gasteiger charge is -2.25. The van der Waals surface area contributed by atoms with Crippen molar-refractivity contribution in [2.24, 2.45) is 17.8 Å². The van der Waals surface area contributed by atoms with Crippen molar-refractivity contribution in [2.75, 3.05) is 7.11 Å². The highest BCUT2D eigenvalue weighted by Gasteiger charge is 2.60. The van der Waals surface area contributed by atoms with Crippen LogP contribution in [0.1, 0.15) is 36.3 Å². The van der Waals surface area contributed by atoms with Crippen LogP contribution in [0.15, 0.2) is 12.1 Å². The average molecular weight is 330 g/mol. The van der Waals surface area contributed by atoms with Crippen molar-refractivity contribution in [1.29, 1.82) is 0 Å². The van der Waals surface area contributed by atoms with Gasteiger partial charge >= 0.3 is 5.97 Å². The van der Waals surface area contributed by atoms with Gasteiger partial charge in [-0.15, -0.1) is 0 Å². The van der Waals surface area contributed by atoms with Gasteiger partial charge in [-0.05, 0) is 42.9 Å². The van der Waals surface area contributed by atoms with E-state index in [9.17, 15) is 22.4 Å². The van der Waals surface area contributed by atoms with Crippen LogP contribution in [0, 0.1) is 36.3 Å². The molecule has 4 atom stereocenters. The number of hydrogen-bond donors (Lipinski definition) is 0. The van der Waals surface area contributed by atoms with E-state index in [1.807, 2.05) is 0 Å². The molecule has 0 spiro atoms. The summed E-state index contributed by atoms with van der Waals surface area (Å²) in [6, 6.07) is 2.40. The standard InChI is InChI=1S/C17H18F4O2/c1-8-9(3-4-13(18)15(8)19)14-10-5-6-17(20,21)12(10)7-11(14)16(22)23-2/h3-4,10-12,14H,5-7H2,1-2H3. The molecule has 2 aliphatic carbocycles. The monoisotopic (exact) mass is 330 g/mol. The molecule has 0 amide bonds. The van der Waals surface area contributed by atoms with Crippen molar-refractivity contribution in [3.8, 4) is 0 Å². The largest absolute Gasteiger partial charge is 0.469 e. The van der Waals surface area contributed by atoms with Crippen LogP contribution < -0.4 is 0 Å². The van der Waals surface area contributed by atoms with Gasteiger partial charge in [0.1, 0.15) is 0 Å². The van der Waals surface area contributed by atoms with E-state index in [2.05, 4.69) is 0 Å². The summed E-state index contributed by atoms with van der Waals surface area (Å²) in [4.78, 5) is 12.1. The third kappa shape index (κ3) is 2.42. The Morgan fingerprint density at radius 3 is 2.65 bits per heavy atom. The summed E-state index contributed by atoms with van der Waals surface area (Å²) in [6.07, 6.45) is 0.0666. The summed E-state index contributed by atoms with van der Waals surface area (Å²) in [5, 5.41) is 0. The number of carbonyl (C=O) groups excluding carboxylic acids is 1. The van der Waals surface area contributed by atoms with Crippen molar-refractivity contribution in [1.82, 2.24) is 0 Å². The van der Waals surface area contributed by atoms with Gasteiger partial charge in [-0.2, -0.15) is 0 Å². The van der Waals surface area contributed by atoms with Crippen molar-refractivity contribution < 1.29 is 27.1 Å². The van der Waals surface area contributed by atoms with Gasteiger partial charge in [-0.1, -0.05) is 6.07 Å². The third-order valence-electron chi connectivity index (χ3n) is 5.52. The molecule has 2 aliphatic rings. The lowest BCUT2D eigenvalue weighted by atomic mass is 9.80. The number of carbonyl (C=O) groups is 1. The fraction of sp³-hybridized carbons (Fsp3) is 0.588. The maximum absolute atomic E-state index is 14.1. The first-order valence-corrected chi connectivity index (χ1v) is 7.68. The first-order valence-electron chi connectivity index (χ1n) is 7.68. The van der Waals surface area contributed by atoms with E-state index < -0.39 is 47.2 Å². The summed E-state index contributed by atoms with van der Waals surface area (Å²) in [7, 11) is 1.21. The number of benzene rings is 1. The quantitative estimate of drug-likeness (QED) is 0.600. The first-order chi connectivity index (χ1) is 10.8. The smallest absolute Gasteiger partial charge is 0.309 e. The van der Waals surface area contributed by atoms with Gasteiger partial charge in [-0.3, -0.25) is 4.79 Å². The normalized spacial score (nSPS) is 31.9. The molecule has 2 fully saturated rings. The van der Waals surface area contributed by atoms with Crippen molar-refractivity contribution >= 4 is 5.97 Å². The molecule has 2 nitrogen and oxygen atoms in total. The van der Waals surface area contributed by atoms with Crippen LogP contribution in [-0.2, 0) is 9.53 Å². The fourth-order valence-electron chi connectivity index (χ4n) is 4.42. The Labute approximate surface area is 131 Å². The van der Waals surface area contributed by atoms with Gasteiger partial charge in [0, 0.05) is 18.3 Å². The zero-order valence-corrected chi connectivity index (χ0v) is 12.9. The van der Waals surface area contributed by atoms with Crippen molar-refractivity contribution in [3.05, 3.63) is 34.9 Å². The molecule has 1 aromatic carbocycles. The molecule has 1 aromatic rings. The zero-order chi connectivity index (χ0) is 16.9. The summed E-state index contributed by atoms with van der Waals surface area (Å²) < 4.78 is 60.2. The second-order valence-corrected chi connectivity index (χ2v) is 6.54. The number of rotatable bonds is 2. The lowest BCUT2D eigenvalue weighted by molar-refractivity contribution is -0.146. The minimum absolute atomic E-state index is 0.0213. The molecule has 23 heavy (non-hydrogen) atoms. The Morgan fingerprint density at radius 1 is 1.30 bits per heavy atom. The summed E-state index contributed by atoms with van der Waals surface area (Å²) in [5.41, 5.74) is 0.518. The molecule has 0 aliphatic heterocycles. The average Bonchev–Trinajstić information content (AvgIpc) is 3.03. The Morgan fingerprint density at radius 2 is 2.00 bits per heavy atom. The molecular formula is C17H18F4O2. The highest BCUT2D eigenvalue weighted by Crippen LogP contribution is 2.60. The molecule has 6 heteroatoms. The van der Waals surface area contributed by atoms with Gasteiger partial charge in [0.25, 0.3) is 5.92 Å². The molecular weight excluding hydrogens is 312 g/mol. The topological polar surface area (TPSA) is 26.3 Å². The Hall–Kier alpha value is -1.59. The van der Waals surface area contributed by atoms with Gasteiger partial charge in [-0.25, -0.2) is 17.6 Å². The van der Waals surface area contributed by atoms with Crippen LogP contribution >= 0.6 is 0 Å². The minimum atomic E-state index is -2.82. The molecule has 0 bridgehead atoms. The molecule has 0 heterocycles. The van der Waals surface area contributed by atoms with Gasteiger partial charge in [0.15, 0.2) is 11.6 Å². The van der Waals surface area contributed by atoms with Gasteiger partial charge < -0.3 is 4.74 Å². The maximum atomic E-state index is 14.1. The number of fused-ring (bicyclic) bond motifs is 1. The number of ether oxygens (including phenoxy) is 1. The Bertz CT molecular complexity index is 644. The number of methoxy groups -OCH3 is 1. The number of esters is 1. The fourth-order valence-corrected chi connectivity index (χ4v) is 4.42. The van der Waals surface area contributed by atoms with Crippen molar-refractivity contribution in [3.63, 3.8) is 0 Å². The molecule has 126 valence electrons. The Kier molecular flexibility index (Phi) is 3.89. The second-order valence-electron chi connectivity index (χ2n) is 6.54. The van der Waals surface area contributed by atoms with Crippen LogP contribution in [0.4, 0.5) is 17.6 Å². The number of halogens is 4. The van der Waals surface area contributed by atoms with Crippen LogP contribution in [0.25, 0.3) is 0 Å². The number of alkyl halides is 2. The number of hydrogen-bond acceptors (Lipinski definition) is 2. The summed E-state index contributed by atoms with van der Waals surface area (Å²) >= 11 is 0. The molecule has 0 N–H and O–H groups in total. The van der Waals surface area contributed by atoms with Crippen molar-refractivity contribution in [2.45, 2.75) is 38.0 Å². The van der Waals surface area contributed by atoms with Crippen LogP contribution in [0.3, 0.4) is 0 Å². The van der Waals surface area contributed by atoms with E-state index in [0.717, 1.165) is 6.07 Å².